The van der Waals surface area contributed by atoms with Crippen molar-refractivity contribution in [1.82, 2.24) is 4.90 Å². The van der Waals surface area contributed by atoms with E-state index in [1.165, 1.54) is 0 Å². The molecule has 5 nitrogen and oxygen atoms in total. The van der Waals surface area contributed by atoms with Gasteiger partial charge in [-0.05, 0) is 30.9 Å². The molecule has 1 heterocycles. The van der Waals surface area contributed by atoms with Gasteiger partial charge in [-0.1, -0.05) is 12.1 Å². The number of nitrogens with zero attached hydrogens (tertiary/aromatic N) is 1. The molecule has 1 aromatic carbocycles. The van der Waals surface area contributed by atoms with Crippen molar-refractivity contribution in [1.29, 1.82) is 0 Å². The second kappa shape index (κ2) is 6.43. The molecule has 1 fully saturated rings. The normalized spacial score (nSPS) is 18.4. The number of methoxy groups -OCH3 is 1. The number of carbonyl (C=O) groups is 1. The molecule has 1 aliphatic heterocycles. The van der Waals surface area contributed by atoms with E-state index in [-0.39, 0.29) is 12.6 Å². The van der Waals surface area contributed by atoms with E-state index in [1.54, 1.807) is 12.0 Å². The number of anilines is 1. The SMILES string of the molecule is COc1ccccc1NC(=O)N1CCC(CCO)C1. The van der Waals surface area contributed by atoms with Gasteiger partial charge in [0.2, 0.25) is 0 Å². The van der Waals surface area contributed by atoms with E-state index in [1.807, 2.05) is 24.3 Å². The largest absolute Gasteiger partial charge is 0.495 e. The molecule has 0 saturated carbocycles. The standard InChI is InChI=1S/C14H20N2O3/c1-19-13-5-3-2-4-12(13)15-14(18)16-8-6-11(10-16)7-9-17/h2-5,11,17H,6-10H2,1H3,(H,15,18). The molecule has 5 heteroatoms. The van der Waals surface area contributed by atoms with E-state index < -0.39 is 0 Å². The van der Waals surface area contributed by atoms with Gasteiger partial charge in [0.1, 0.15) is 5.75 Å². The fourth-order valence-corrected chi connectivity index (χ4v) is 2.38. The van der Waals surface area contributed by atoms with E-state index in [9.17, 15) is 4.79 Å². The van der Waals surface area contributed by atoms with Crippen LogP contribution < -0.4 is 10.1 Å². The molecule has 104 valence electrons. The molecule has 2 amide bonds. The molecule has 2 rings (SSSR count). The summed E-state index contributed by atoms with van der Waals surface area (Å²) in [6.45, 7) is 1.64. The van der Waals surface area contributed by atoms with Crippen LogP contribution in [0.1, 0.15) is 12.8 Å². The van der Waals surface area contributed by atoms with Gasteiger partial charge >= 0.3 is 6.03 Å². The Morgan fingerprint density at radius 1 is 1.53 bits per heavy atom. The number of ether oxygens (including phenoxy) is 1. The van der Waals surface area contributed by atoms with Crippen molar-refractivity contribution >= 4 is 11.7 Å². The topological polar surface area (TPSA) is 61.8 Å². The van der Waals surface area contributed by atoms with Crippen LogP contribution in [-0.2, 0) is 0 Å². The number of aliphatic hydroxyl groups is 1. The van der Waals surface area contributed by atoms with Crippen LogP contribution in [0.3, 0.4) is 0 Å². The van der Waals surface area contributed by atoms with Crippen molar-refractivity contribution in [3.8, 4) is 5.75 Å². The molecule has 0 aromatic heterocycles. The van der Waals surface area contributed by atoms with Crippen LogP contribution in [0.4, 0.5) is 10.5 Å². The van der Waals surface area contributed by atoms with Crippen molar-refractivity contribution in [2.45, 2.75) is 12.8 Å². The smallest absolute Gasteiger partial charge is 0.321 e. The third-order valence-electron chi connectivity index (χ3n) is 3.46. The maximum atomic E-state index is 12.1. The van der Waals surface area contributed by atoms with Crippen molar-refractivity contribution in [3.63, 3.8) is 0 Å². The summed E-state index contributed by atoms with van der Waals surface area (Å²) in [6.07, 6.45) is 1.72. The third kappa shape index (κ3) is 3.38. The van der Waals surface area contributed by atoms with Gasteiger partial charge in [-0.3, -0.25) is 0 Å². The van der Waals surface area contributed by atoms with E-state index in [4.69, 9.17) is 9.84 Å². The van der Waals surface area contributed by atoms with Crippen molar-refractivity contribution in [3.05, 3.63) is 24.3 Å². The fourth-order valence-electron chi connectivity index (χ4n) is 2.38. The minimum absolute atomic E-state index is 0.107. The zero-order valence-corrected chi connectivity index (χ0v) is 11.1. The number of urea groups is 1. The van der Waals surface area contributed by atoms with Gasteiger partial charge in [0.25, 0.3) is 0 Å². The van der Waals surface area contributed by atoms with Crippen LogP contribution in [0.5, 0.6) is 5.75 Å². The minimum atomic E-state index is -0.107. The van der Waals surface area contributed by atoms with Gasteiger partial charge < -0.3 is 20.1 Å². The molecule has 0 bridgehead atoms. The summed E-state index contributed by atoms with van der Waals surface area (Å²) in [5, 5.41) is 11.8. The van der Waals surface area contributed by atoms with E-state index in [0.717, 1.165) is 19.4 Å². The lowest BCUT2D eigenvalue weighted by Crippen LogP contribution is -2.33. The number of nitrogens with one attached hydrogen (secondary N) is 1. The number of hydrogen-bond acceptors (Lipinski definition) is 3. The summed E-state index contributed by atoms with van der Waals surface area (Å²) in [5.74, 6) is 1.07. The summed E-state index contributed by atoms with van der Waals surface area (Å²) in [4.78, 5) is 13.9. The molecule has 0 aliphatic carbocycles. The predicted molar refractivity (Wildman–Crippen MR) is 73.4 cm³/mol. The van der Waals surface area contributed by atoms with Crippen LogP contribution in [0.2, 0.25) is 0 Å². The summed E-state index contributed by atoms with van der Waals surface area (Å²) < 4.78 is 5.20. The lowest BCUT2D eigenvalue weighted by Gasteiger charge is -2.18. The first-order chi connectivity index (χ1) is 9.24. The molecule has 1 unspecified atom stereocenters. The van der Waals surface area contributed by atoms with Crippen LogP contribution >= 0.6 is 0 Å². The van der Waals surface area contributed by atoms with Crippen LogP contribution in [0.15, 0.2) is 24.3 Å². The Morgan fingerprint density at radius 2 is 2.32 bits per heavy atom. The van der Waals surface area contributed by atoms with Crippen LogP contribution in [0, 0.1) is 5.92 Å². The van der Waals surface area contributed by atoms with Crippen LogP contribution in [0.25, 0.3) is 0 Å². The lowest BCUT2D eigenvalue weighted by molar-refractivity contribution is 0.217. The highest BCUT2D eigenvalue weighted by molar-refractivity contribution is 5.91. The Hall–Kier alpha value is -1.75. The number of carbonyl (C=O) groups excluding carboxylic acids is 1. The molecule has 0 spiro atoms. The molecule has 19 heavy (non-hydrogen) atoms. The Balaban J connectivity index is 1.94. The summed E-state index contributed by atoms with van der Waals surface area (Å²) in [6, 6.07) is 7.25. The molecule has 1 saturated heterocycles. The van der Waals surface area contributed by atoms with E-state index in [2.05, 4.69) is 5.32 Å². The zero-order chi connectivity index (χ0) is 13.7. The van der Waals surface area contributed by atoms with Crippen molar-refractivity contribution < 1.29 is 14.6 Å². The molecular formula is C14H20N2O3. The Morgan fingerprint density at radius 3 is 3.05 bits per heavy atom. The second-order valence-electron chi connectivity index (χ2n) is 4.74. The fraction of sp³-hybridized carbons (Fsp3) is 0.500. The Bertz CT molecular complexity index is 436. The highest BCUT2D eigenvalue weighted by Crippen LogP contribution is 2.25. The van der Waals surface area contributed by atoms with Gasteiger partial charge in [-0.2, -0.15) is 0 Å². The van der Waals surface area contributed by atoms with Gasteiger partial charge in [0.05, 0.1) is 12.8 Å². The zero-order valence-electron chi connectivity index (χ0n) is 11.1. The highest BCUT2D eigenvalue weighted by atomic mass is 16.5. The van der Waals surface area contributed by atoms with Gasteiger partial charge in [-0.25, -0.2) is 4.79 Å². The Kier molecular flexibility index (Phi) is 4.63. The molecule has 1 aromatic rings. The molecular weight excluding hydrogens is 244 g/mol. The summed E-state index contributed by atoms with van der Waals surface area (Å²) in [5.41, 5.74) is 0.681. The number of likely N-dealkylation sites (tertiary alicyclic amines) is 1. The average Bonchev–Trinajstić information content (AvgIpc) is 2.88. The summed E-state index contributed by atoms with van der Waals surface area (Å²) >= 11 is 0. The molecule has 0 radical (unpaired) electrons. The summed E-state index contributed by atoms with van der Waals surface area (Å²) in [7, 11) is 1.58. The quantitative estimate of drug-likeness (QED) is 0.873. The first-order valence-corrected chi connectivity index (χ1v) is 6.54. The number of amides is 2. The maximum Gasteiger partial charge on any atom is 0.321 e. The molecule has 1 atom stereocenters. The predicted octanol–water partition coefficient (Wildman–Crippen LogP) is 1.93. The first kappa shape index (κ1) is 13.7. The minimum Gasteiger partial charge on any atom is -0.495 e. The number of benzene rings is 1. The number of hydrogen-bond donors (Lipinski definition) is 2. The van der Waals surface area contributed by atoms with Crippen molar-refractivity contribution in [2.24, 2.45) is 5.92 Å². The maximum absolute atomic E-state index is 12.1. The van der Waals surface area contributed by atoms with E-state index >= 15 is 0 Å². The van der Waals surface area contributed by atoms with Gasteiger partial charge in [-0.15, -0.1) is 0 Å². The number of aliphatic hydroxyl groups excluding tert-OH is 1. The van der Waals surface area contributed by atoms with Gasteiger partial charge in [0, 0.05) is 19.7 Å². The first-order valence-electron chi connectivity index (χ1n) is 6.54. The van der Waals surface area contributed by atoms with Gasteiger partial charge in [0.15, 0.2) is 0 Å². The highest BCUT2D eigenvalue weighted by Gasteiger charge is 2.26. The molecule has 2 N–H and O–H groups in total. The average molecular weight is 264 g/mol. The van der Waals surface area contributed by atoms with Crippen molar-refractivity contribution in [2.75, 3.05) is 32.1 Å². The van der Waals surface area contributed by atoms with E-state index in [0.29, 0.717) is 23.9 Å². The van der Waals surface area contributed by atoms with Crippen LogP contribution in [-0.4, -0.2) is 42.8 Å². The Labute approximate surface area is 113 Å². The lowest BCUT2D eigenvalue weighted by atomic mass is 10.1. The second-order valence-corrected chi connectivity index (χ2v) is 4.74. The molecule has 1 aliphatic rings. The third-order valence-corrected chi connectivity index (χ3v) is 3.46. The number of para-hydroxylation sites is 2. The monoisotopic (exact) mass is 264 g/mol. The number of rotatable bonds is 4.